The van der Waals surface area contributed by atoms with Crippen LogP contribution in [0.25, 0.3) is 0 Å². The molecule has 1 saturated carbocycles. The molecule has 2 aliphatic rings. The summed E-state index contributed by atoms with van der Waals surface area (Å²) in [4.78, 5) is 4.97. The van der Waals surface area contributed by atoms with E-state index in [9.17, 15) is 0 Å². The lowest BCUT2D eigenvalue weighted by Crippen LogP contribution is -2.43. The quantitative estimate of drug-likeness (QED) is 0.899. The molecule has 122 valence electrons. The molecule has 3 nitrogen and oxygen atoms in total. The Bertz CT molecular complexity index is 428. The minimum atomic E-state index is 0.888. The molecule has 22 heavy (non-hydrogen) atoms. The first-order valence-electron chi connectivity index (χ1n) is 9.03. The fourth-order valence-corrected chi connectivity index (χ4v) is 3.65. The molecule has 1 saturated heterocycles. The Morgan fingerprint density at radius 3 is 2.32 bits per heavy atom. The summed E-state index contributed by atoms with van der Waals surface area (Å²) in [5, 5.41) is 3.63. The van der Waals surface area contributed by atoms with Crippen LogP contribution >= 0.6 is 0 Å². The van der Waals surface area contributed by atoms with Gasteiger partial charge in [0.2, 0.25) is 0 Å². The predicted molar refractivity (Wildman–Crippen MR) is 94.3 cm³/mol. The van der Waals surface area contributed by atoms with Gasteiger partial charge in [0.15, 0.2) is 0 Å². The summed E-state index contributed by atoms with van der Waals surface area (Å²) in [6.07, 6.45) is 7.12. The zero-order valence-corrected chi connectivity index (χ0v) is 14.1. The van der Waals surface area contributed by atoms with E-state index in [-0.39, 0.29) is 0 Å². The Labute approximate surface area is 135 Å². The number of hydrogen-bond acceptors (Lipinski definition) is 3. The average molecular weight is 301 g/mol. The molecule has 1 N–H and O–H groups in total. The Hall–Kier alpha value is -1.06. The molecule has 1 heterocycles. The number of nitrogens with zero attached hydrogens (tertiary/aromatic N) is 2. The monoisotopic (exact) mass is 301 g/mol. The molecule has 0 unspecified atom stereocenters. The van der Waals surface area contributed by atoms with Gasteiger partial charge in [0.25, 0.3) is 0 Å². The molecule has 1 aliphatic heterocycles. The summed E-state index contributed by atoms with van der Waals surface area (Å²) < 4.78 is 0. The molecule has 0 radical (unpaired) electrons. The zero-order valence-electron chi connectivity index (χ0n) is 14.1. The highest BCUT2D eigenvalue weighted by Crippen LogP contribution is 2.24. The molecule has 0 spiro atoms. The highest BCUT2D eigenvalue weighted by atomic mass is 15.2. The van der Waals surface area contributed by atoms with Crippen LogP contribution in [0.15, 0.2) is 24.3 Å². The zero-order chi connectivity index (χ0) is 15.2. The number of rotatable bonds is 5. The van der Waals surface area contributed by atoms with Crippen LogP contribution < -0.4 is 5.32 Å². The van der Waals surface area contributed by atoms with E-state index in [4.69, 9.17) is 0 Å². The first-order valence-corrected chi connectivity index (χ1v) is 9.03. The summed E-state index contributed by atoms with van der Waals surface area (Å²) in [6.45, 7) is 7.02. The van der Waals surface area contributed by atoms with Crippen LogP contribution in [0.4, 0.5) is 5.69 Å². The lowest BCUT2D eigenvalue weighted by molar-refractivity contribution is 0.148. The molecule has 1 aliphatic carbocycles. The van der Waals surface area contributed by atoms with Crippen molar-refractivity contribution in [2.75, 3.05) is 45.1 Å². The minimum Gasteiger partial charge on any atom is -0.385 e. The SMILES string of the molecule is CN1CCN(Cc2ccc(NCC3CCCCC3)cc2)CC1. The van der Waals surface area contributed by atoms with Crippen LogP contribution in [-0.4, -0.2) is 49.6 Å². The van der Waals surface area contributed by atoms with Gasteiger partial charge in [0, 0.05) is 45.0 Å². The maximum atomic E-state index is 3.63. The molecule has 2 fully saturated rings. The summed E-state index contributed by atoms with van der Waals surface area (Å²) in [5.41, 5.74) is 2.72. The van der Waals surface area contributed by atoms with Crippen molar-refractivity contribution < 1.29 is 0 Å². The van der Waals surface area contributed by atoms with Gasteiger partial charge in [-0.05, 0) is 43.5 Å². The van der Waals surface area contributed by atoms with E-state index in [1.165, 1.54) is 69.5 Å². The smallest absolute Gasteiger partial charge is 0.0340 e. The fourth-order valence-electron chi connectivity index (χ4n) is 3.65. The number of likely N-dealkylation sites (N-methyl/N-ethyl adjacent to an activating group) is 1. The summed E-state index contributed by atoms with van der Waals surface area (Å²) in [6, 6.07) is 9.10. The van der Waals surface area contributed by atoms with E-state index < -0.39 is 0 Å². The largest absolute Gasteiger partial charge is 0.385 e. The molecule has 1 aromatic carbocycles. The van der Waals surface area contributed by atoms with Gasteiger partial charge < -0.3 is 10.2 Å². The molecule has 0 aromatic heterocycles. The average Bonchev–Trinajstić information content (AvgIpc) is 2.57. The van der Waals surface area contributed by atoms with Gasteiger partial charge in [-0.15, -0.1) is 0 Å². The molecule has 0 bridgehead atoms. The van der Waals surface area contributed by atoms with Gasteiger partial charge in [-0.3, -0.25) is 4.90 Å². The third-order valence-corrected chi connectivity index (χ3v) is 5.28. The first-order chi connectivity index (χ1) is 10.8. The summed E-state index contributed by atoms with van der Waals surface area (Å²) in [5.74, 6) is 0.888. The predicted octanol–water partition coefficient (Wildman–Crippen LogP) is 3.43. The lowest BCUT2D eigenvalue weighted by Gasteiger charge is -2.32. The summed E-state index contributed by atoms with van der Waals surface area (Å²) in [7, 11) is 2.21. The number of anilines is 1. The fraction of sp³-hybridized carbons (Fsp3) is 0.684. The van der Waals surface area contributed by atoms with Gasteiger partial charge in [-0.1, -0.05) is 31.4 Å². The van der Waals surface area contributed by atoms with Crippen molar-refractivity contribution in [3.05, 3.63) is 29.8 Å². The van der Waals surface area contributed by atoms with Gasteiger partial charge >= 0.3 is 0 Å². The van der Waals surface area contributed by atoms with Crippen molar-refractivity contribution >= 4 is 5.69 Å². The van der Waals surface area contributed by atoms with E-state index in [1.807, 2.05) is 0 Å². The maximum Gasteiger partial charge on any atom is 0.0340 e. The van der Waals surface area contributed by atoms with Crippen molar-refractivity contribution in [2.24, 2.45) is 5.92 Å². The van der Waals surface area contributed by atoms with Crippen LogP contribution in [-0.2, 0) is 6.54 Å². The van der Waals surface area contributed by atoms with E-state index >= 15 is 0 Å². The van der Waals surface area contributed by atoms with Crippen LogP contribution in [0.1, 0.15) is 37.7 Å². The first kappa shape index (κ1) is 15.8. The van der Waals surface area contributed by atoms with Gasteiger partial charge in [-0.25, -0.2) is 0 Å². The number of piperazine rings is 1. The van der Waals surface area contributed by atoms with E-state index in [1.54, 1.807) is 0 Å². The van der Waals surface area contributed by atoms with Crippen molar-refractivity contribution in [3.63, 3.8) is 0 Å². The standard InChI is InChI=1S/C19H31N3/c1-21-11-13-22(14-12-21)16-18-7-9-19(10-8-18)20-15-17-5-3-2-4-6-17/h7-10,17,20H,2-6,11-16H2,1H3. The molecule has 3 rings (SSSR count). The molecule has 0 atom stereocenters. The summed E-state index contributed by atoms with van der Waals surface area (Å²) >= 11 is 0. The van der Waals surface area contributed by atoms with Crippen LogP contribution in [0.5, 0.6) is 0 Å². The third kappa shape index (κ3) is 4.72. The highest BCUT2D eigenvalue weighted by molar-refractivity contribution is 5.44. The van der Waals surface area contributed by atoms with Gasteiger partial charge in [0.05, 0.1) is 0 Å². The Morgan fingerprint density at radius 2 is 1.64 bits per heavy atom. The van der Waals surface area contributed by atoms with Crippen LogP contribution in [0.3, 0.4) is 0 Å². The Balaban J connectivity index is 1.43. The van der Waals surface area contributed by atoms with E-state index in [2.05, 4.69) is 46.4 Å². The number of nitrogens with one attached hydrogen (secondary N) is 1. The highest BCUT2D eigenvalue weighted by Gasteiger charge is 2.14. The van der Waals surface area contributed by atoms with E-state index in [0.717, 1.165) is 19.0 Å². The van der Waals surface area contributed by atoms with Crippen molar-refractivity contribution in [1.82, 2.24) is 9.80 Å². The molecular weight excluding hydrogens is 270 g/mol. The number of benzene rings is 1. The lowest BCUT2D eigenvalue weighted by atomic mass is 9.89. The minimum absolute atomic E-state index is 0.888. The van der Waals surface area contributed by atoms with Crippen molar-refractivity contribution in [1.29, 1.82) is 0 Å². The number of hydrogen-bond donors (Lipinski definition) is 1. The van der Waals surface area contributed by atoms with Crippen molar-refractivity contribution in [2.45, 2.75) is 38.6 Å². The van der Waals surface area contributed by atoms with Crippen LogP contribution in [0, 0.1) is 5.92 Å². The van der Waals surface area contributed by atoms with Gasteiger partial charge in [-0.2, -0.15) is 0 Å². The third-order valence-electron chi connectivity index (χ3n) is 5.28. The second-order valence-corrected chi connectivity index (χ2v) is 7.16. The van der Waals surface area contributed by atoms with E-state index in [0.29, 0.717) is 0 Å². The Morgan fingerprint density at radius 1 is 0.955 bits per heavy atom. The second-order valence-electron chi connectivity index (χ2n) is 7.16. The van der Waals surface area contributed by atoms with Crippen molar-refractivity contribution in [3.8, 4) is 0 Å². The topological polar surface area (TPSA) is 18.5 Å². The second kappa shape index (κ2) is 7.98. The van der Waals surface area contributed by atoms with Gasteiger partial charge in [0.1, 0.15) is 0 Å². The Kier molecular flexibility index (Phi) is 5.74. The molecule has 3 heteroatoms. The maximum absolute atomic E-state index is 3.63. The van der Waals surface area contributed by atoms with Crippen LogP contribution in [0.2, 0.25) is 0 Å². The molecule has 0 amide bonds. The molecular formula is C19H31N3. The molecule has 1 aromatic rings. The normalized spacial score (nSPS) is 21.9.